The summed E-state index contributed by atoms with van der Waals surface area (Å²) in [5.41, 5.74) is 1.94. The first kappa shape index (κ1) is 13.1. The third kappa shape index (κ3) is 3.80. The SMILES string of the molecule is CC(C)(C)NCC1(Cc2ccsc2)CCOC1. The van der Waals surface area contributed by atoms with E-state index in [4.69, 9.17) is 4.74 Å². The van der Waals surface area contributed by atoms with Crippen LogP contribution in [0.2, 0.25) is 0 Å². The molecule has 0 radical (unpaired) electrons. The van der Waals surface area contributed by atoms with Crippen LogP contribution >= 0.6 is 11.3 Å². The zero-order valence-corrected chi connectivity index (χ0v) is 11.9. The van der Waals surface area contributed by atoms with E-state index < -0.39 is 0 Å². The molecule has 1 N–H and O–H groups in total. The van der Waals surface area contributed by atoms with Crippen molar-refractivity contribution < 1.29 is 4.74 Å². The quantitative estimate of drug-likeness (QED) is 0.890. The summed E-state index contributed by atoms with van der Waals surface area (Å²) >= 11 is 1.78. The molecule has 1 aliphatic rings. The third-order valence-electron chi connectivity index (χ3n) is 3.34. The smallest absolute Gasteiger partial charge is 0.0538 e. The summed E-state index contributed by atoms with van der Waals surface area (Å²) in [5.74, 6) is 0. The first-order valence-corrected chi connectivity index (χ1v) is 7.27. The van der Waals surface area contributed by atoms with Gasteiger partial charge in [-0.25, -0.2) is 0 Å². The van der Waals surface area contributed by atoms with Gasteiger partial charge in [-0.3, -0.25) is 0 Å². The Morgan fingerprint density at radius 3 is 2.82 bits per heavy atom. The van der Waals surface area contributed by atoms with Crippen molar-refractivity contribution in [3.63, 3.8) is 0 Å². The van der Waals surface area contributed by atoms with Gasteiger partial charge in [-0.2, -0.15) is 11.3 Å². The van der Waals surface area contributed by atoms with Crippen LogP contribution in [0, 0.1) is 5.41 Å². The van der Waals surface area contributed by atoms with E-state index >= 15 is 0 Å². The summed E-state index contributed by atoms with van der Waals surface area (Å²) in [5, 5.41) is 8.06. The van der Waals surface area contributed by atoms with Gasteiger partial charge in [0, 0.05) is 24.1 Å². The second-order valence-electron chi connectivity index (χ2n) is 6.21. The van der Waals surface area contributed by atoms with E-state index in [0.717, 1.165) is 26.2 Å². The van der Waals surface area contributed by atoms with Crippen molar-refractivity contribution in [2.45, 2.75) is 39.2 Å². The fourth-order valence-corrected chi connectivity index (χ4v) is 2.94. The predicted octanol–water partition coefficient (Wildman–Crippen LogP) is 3.09. The Morgan fingerprint density at radius 2 is 2.29 bits per heavy atom. The molecule has 17 heavy (non-hydrogen) atoms. The Hall–Kier alpha value is -0.380. The summed E-state index contributed by atoms with van der Waals surface area (Å²) in [6, 6.07) is 2.24. The molecular formula is C14H23NOS. The van der Waals surface area contributed by atoms with Crippen LogP contribution < -0.4 is 5.32 Å². The molecule has 2 heterocycles. The minimum atomic E-state index is 0.185. The molecule has 1 aromatic rings. The largest absolute Gasteiger partial charge is 0.381 e. The lowest BCUT2D eigenvalue weighted by Crippen LogP contribution is -2.45. The second-order valence-corrected chi connectivity index (χ2v) is 6.99. The highest BCUT2D eigenvalue weighted by Crippen LogP contribution is 2.33. The van der Waals surface area contributed by atoms with E-state index in [-0.39, 0.29) is 5.54 Å². The van der Waals surface area contributed by atoms with Crippen LogP contribution in [0.15, 0.2) is 16.8 Å². The Labute approximate surface area is 108 Å². The fourth-order valence-electron chi connectivity index (χ4n) is 2.27. The summed E-state index contributed by atoms with van der Waals surface area (Å²) in [6.07, 6.45) is 2.31. The molecule has 0 aromatic carbocycles. The molecule has 0 amide bonds. The van der Waals surface area contributed by atoms with Crippen molar-refractivity contribution in [3.8, 4) is 0 Å². The molecule has 0 saturated carbocycles. The lowest BCUT2D eigenvalue weighted by Gasteiger charge is -2.32. The molecule has 2 rings (SSSR count). The minimum Gasteiger partial charge on any atom is -0.381 e. The average molecular weight is 253 g/mol. The Balaban J connectivity index is 1.99. The van der Waals surface area contributed by atoms with E-state index in [1.807, 2.05) is 0 Å². The van der Waals surface area contributed by atoms with Gasteiger partial charge in [0.15, 0.2) is 0 Å². The second kappa shape index (κ2) is 5.09. The van der Waals surface area contributed by atoms with E-state index in [2.05, 4.69) is 42.9 Å². The summed E-state index contributed by atoms with van der Waals surface area (Å²) < 4.78 is 5.64. The van der Waals surface area contributed by atoms with Crippen LogP contribution in [0.25, 0.3) is 0 Å². The molecular weight excluding hydrogens is 230 g/mol. The third-order valence-corrected chi connectivity index (χ3v) is 4.07. The van der Waals surface area contributed by atoms with Crippen LogP contribution in [0.5, 0.6) is 0 Å². The van der Waals surface area contributed by atoms with Gasteiger partial charge in [-0.05, 0) is 56.0 Å². The van der Waals surface area contributed by atoms with Gasteiger partial charge < -0.3 is 10.1 Å². The molecule has 1 fully saturated rings. The standard InChI is InChI=1S/C14H23NOS/c1-13(2,3)15-10-14(5-6-16-11-14)8-12-4-7-17-9-12/h4,7,9,15H,5-6,8,10-11H2,1-3H3. The number of thiophene rings is 1. The Morgan fingerprint density at radius 1 is 1.47 bits per heavy atom. The molecule has 1 aliphatic heterocycles. The normalized spacial score (nSPS) is 25.4. The van der Waals surface area contributed by atoms with Gasteiger partial charge in [0.05, 0.1) is 6.61 Å². The molecule has 1 aromatic heterocycles. The highest BCUT2D eigenvalue weighted by molar-refractivity contribution is 7.07. The number of ether oxygens (including phenoxy) is 1. The highest BCUT2D eigenvalue weighted by Gasteiger charge is 2.35. The van der Waals surface area contributed by atoms with Gasteiger partial charge in [0.2, 0.25) is 0 Å². The van der Waals surface area contributed by atoms with E-state index in [9.17, 15) is 0 Å². The lowest BCUT2D eigenvalue weighted by molar-refractivity contribution is 0.144. The van der Waals surface area contributed by atoms with Crippen LogP contribution in [0.1, 0.15) is 32.8 Å². The monoisotopic (exact) mass is 253 g/mol. The fraction of sp³-hybridized carbons (Fsp3) is 0.714. The average Bonchev–Trinajstić information content (AvgIpc) is 2.87. The zero-order chi connectivity index (χ0) is 12.4. The van der Waals surface area contributed by atoms with Gasteiger partial charge in [0.25, 0.3) is 0 Å². The maximum absolute atomic E-state index is 5.64. The van der Waals surface area contributed by atoms with E-state index in [1.54, 1.807) is 11.3 Å². The van der Waals surface area contributed by atoms with Gasteiger partial charge in [-0.1, -0.05) is 0 Å². The number of hydrogen-bond acceptors (Lipinski definition) is 3. The van der Waals surface area contributed by atoms with Gasteiger partial charge >= 0.3 is 0 Å². The highest BCUT2D eigenvalue weighted by atomic mass is 32.1. The van der Waals surface area contributed by atoms with Crippen molar-refractivity contribution in [2.75, 3.05) is 19.8 Å². The molecule has 0 aliphatic carbocycles. The zero-order valence-electron chi connectivity index (χ0n) is 11.1. The van der Waals surface area contributed by atoms with Crippen LogP contribution in [0.3, 0.4) is 0 Å². The molecule has 0 bridgehead atoms. The maximum atomic E-state index is 5.64. The van der Waals surface area contributed by atoms with Crippen molar-refractivity contribution in [2.24, 2.45) is 5.41 Å². The van der Waals surface area contributed by atoms with Crippen molar-refractivity contribution in [1.29, 1.82) is 0 Å². The predicted molar refractivity (Wildman–Crippen MR) is 73.6 cm³/mol. The first-order chi connectivity index (χ1) is 7.99. The summed E-state index contributed by atoms with van der Waals surface area (Å²) in [4.78, 5) is 0. The van der Waals surface area contributed by atoms with Gasteiger partial charge in [0.1, 0.15) is 0 Å². The minimum absolute atomic E-state index is 0.185. The van der Waals surface area contributed by atoms with E-state index in [1.165, 1.54) is 12.0 Å². The van der Waals surface area contributed by atoms with Crippen molar-refractivity contribution >= 4 is 11.3 Å². The van der Waals surface area contributed by atoms with Gasteiger partial charge in [-0.15, -0.1) is 0 Å². The van der Waals surface area contributed by atoms with Crippen LogP contribution in [-0.4, -0.2) is 25.3 Å². The molecule has 1 unspecified atom stereocenters. The number of hydrogen-bond donors (Lipinski definition) is 1. The first-order valence-electron chi connectivity index (χ1n) is 6.33. The topological polar surface area (TPSA) is 21.3 Å². The molecule has 1 saturated heterocycles. The lowest BCUT2D eigenvalue weighted by atomic mass is 9.81. The molecule has 2 nitrogen and oxygen atoms in total. The molecule has 3 heteroatoms. The summed E-state index contributed by atoms with van der Waals surface area (Å²) in [6.45, 7) is 9.53. The summed E-state index contributed by atoms with van der Waals surface area (Å²) in [7, 11) is 0. The number of nitrogens with one attached hydrogen (secondary N) is 1. The van der Waals surface area contributed by atoms with Crippen LogP contribution in [-0.2, 0) is 11.2 Å². The Bertz CT molecular complexity index is 334. The molecule has 1 atom stereocenters. The number of rotatable bonds is 4. The van der Waals surface area contributed by atoms with Crippen LogP contribution in [0.4, 0.5) is 0 Å². The van der Waals surface area contributed by atoms with E-state index in [0.29, 0.717) is 5.41 Å². The molecule has 96 valence electrons. The van der Waals surface area contributed by atoms with Crippen molar-refractivity contribution in [3.05, 3.63) is 22.4 Å². The maximum Gasteiger partial charge on any atom is 0.0538 e. The molecule has 0 spiro atoms. The van der Waals surface area contributed by atoms with Crippen molar-refractivity contribution in [1.82, 2.24) is 5.32 Å². The Kier molecular flexibility index (Phi) is 3.91.